The molecule has 1 aliphatic carbocycles. The summed E-state index contributed by atoms with van der Waals surface area (Å²) in [5.74, 6) is -0.785. The molecular weight excluding hydrogens is 320 g/mol. The van der Waals surface area contributed by atoms with Crippen molar-refractivity contribution in [1.29, 1.82) is 0 Å². The Morgan fingerprint density at radius 1 is 1.12 bits per heavy atom. The van der Waals surface area contributed by atoms with Crippen LogP contribution in [0.3, 0.4) is 0 Å². The summed E-state index contributed by atoms with van der Waals surface area (Å²) in [7, 11) is 0. The standard InChI is InChI=1S/C18H21N4O3/c19-14(23)10-17(7-8-17)12-2-4-13(5-3-12)21-11-18(15(20)24)6-1-9-22(18)16(21)25/h2-6H,1,7-11H2,(H2,19,23)(H2,20,24)/t18-/m1/s1. The molecule has 4 amide bonds. The third-order valence-corrected chi connectivity index (χ3v) is 5.76. The van der Waals surface area contributed by atoms with Crippen LogP contribution in [0.15, 0.2) is 24.3 Å². The van der Waals surface area contributed by atoms with E-state index in [-0.39, 0.29) is 23.9 Å². The molecule has 1 aromatic rings. The first-order chi connectivity index (χ1) is 11.9. The lowest BCUT2D eigenvalue weighted by Gasteiger charge is -2.25. The first kappa shape index (κ1) is 15.9. The third kappa shape index (κ3) is 2.29. The van der Waals surface area contributed by atoms with Crippen LogP contribution in [0.2, 0.25) is 0 Å². The summed E-state index contributed by atoms with van der Waals surface area (Å²) < 4.78 is 0. The summed E-state index contributed by atoms with van der Waals surface area (Å²) >= 11 is 0. The second-order valence-corrected chi connectivity index (χ2v) is 7.27. The van der Waals surface area contributed by atoms with E-state index in [1.165, 1.54) is 0 Å². The van der Waals surface area contributed by atoms with Gasteiger partial charge in [0.25, 0.3) is 0 Å². The molecule has 7 nitrogen and oxygen atoms in total. The number of nitrogens with zero attached hydrogens (tertiary/aromatic N) is 2. The molecule has 4 rings (SSSR count). The molecule has 4 N–H and O–H groups in total. The lowest BCUT2D eigenvalue weighted by molar-refractivity contribution is -0.124. The van der Waals surface area contributed by atoms with Crippen LogP contribution in [0.5, 0.6) is 0 Å². The smallest absolute Gasteiger partial charge is 0.325 e. The van der Waals surface area contributed by atoms with Crippen LogP contribution in [0.25, 0.3) is 0 Å². The van der Waals surface area contributed by atoms with Crippen LogP contribution < -0.4 is 16.4 Å². The van der Waals surface area contributed by atoms with E-state index in [1.807, 2.05) is 30.7 Å². The number of urea groups is 1. The summed E-state index contributed by atoms with van der Waals surface area (Å²) in [5, 5.41) is 0. The second-order valence-electron chi connectivity index (χ2n) is 7.27. The quantitative estimate of drug-likeness (QED) is 0.821. The van der Waals surface area contributed by atoms with Crippen molar-refractivity contribution >= 4 is 23.5 Å². The Bertz CT molecular complexity index is 756. The Kier molecular flexibility index (Phi) is 3.32. The molecular formula is C18H21N4O3. The number of hydrogen-bond donors (Lipinski definition) is 2. The normalized spacial score (nSPS) is 26.6. The molecule has 25 heavy (non-hydrogen) atoms. The van der Waals surface area contributed by atoms with Crippen molar-refractivity contribution in [2.24, 2.45) is 11.5 Å². The average Bonchev–Trinajstić information content (AvgIpc) is 3.11. The van der Waals surface area contributed by atoms with E-state index in [9.17, 15) is 14.4 Å². The van der Waals surface area contributed by atoms with Crippen molar-refractivity contribution in [3.05, 3.63) is 36.2 Å². The van der Waals surface area contributed by atoms with Gasteiger partial charge in [-0.2, -0.15) is 0 Å². The number of carbonyl (C=O) groups excluding carboxylic acids is 3. The van der Waals surface area contributed by atoms with Crippen LogP contribution in [0, 0.1) is 6.42 Å². The maximum atomic E-state index is 12.7. The fourth-order valence-electron chi connectivity index (χ4n) is 4.17. The Balaban J connectivity index is 1.58. The van der Waals surface area contributed by atoms with E-state index in [0.29, 0.717) is 19.4 Å². The topological polar surface area (TPSA) is 110 Å². The van der Waals surface area contributed by atoms with Crippen molar-refractivity contribution < 1.29 is 14.4 Å². The number of benzene rings is 1. The van der Waals surface area contributed by atoms with Crippen LogP contribution in [-0.2, 0) is 15.0 Å². The van der Waals surface area contributed by atoms with Crippen molar-refractivity contribution in [1.82, 2.24) is 4.90 Å². The Morgan fingerprint density at radius 3 is 2.32 bits per heavy atom. The molecule has 1 radical (unpaired) electrons. The fourth-order valence-corrected chi connectivity index (χ4v) is 4.17. The summed E-state index contributed by atoms with van der Waals surface area (Å²) in [5.41, 5.74) is 11.6. The molecule has 2 aliphatic heterocycles. The van der Waals surface area contributed by atoms with Gasteiger partial charge < -0.3 is 16.4 Å². The van der Waals surface area contributed by atoms with Gasteiger partial charge in [0.05, 0.1) is 6.54 Å². The highest BCUT2D eigenvalue weighted by atomic mass is 16.2. The minimum Gasteiger partial charge on any atom is -0.370 e. The lowest BCUT2D eigenvalue weighted by atomic mass is 9.92. The first-order valence-corrected chi connectivity index (χ1v) is 8.50. The van der Waals surface area contributed by atoms with E-state index in [4.69, 9.17) is 11.5 Å². The van der Waals surface area contributed by atoms with Gasteiger partial charge in [0.2, 0.25) is 11.8 Å². The molecule has 0 spiro atoms. The van der Waals surface area contributed by atoms with Gasteiger partial charge in [-0.05, 0) is 37.0 Å². The molecule has 0 aromatic heterocycles. The number of anilines is 1. The zero-order valence-electron chi connectivity index (χ0n) is 13.9. The van der Waals surface area contributed by atoms with Gasteiger partial charge in [-0.25, -0.2) is 4.79 Å². The largest absolute Gasteiger partial charge is 0.370 e. The predicted octanol–water partition coefficient (Wildman–Crippen LogP) is 0.668. The van der Waals surface area contributed by atoms with Crippen molar-refractivity contribution in [3.8, 4) is 0 Å². The molecule has 1 saturated carbocycles. The Morgan fingerprint density at radius 2 is 1.80 bits per heavy atom. The van der Waals surface area contributed by atoms with Crippen LogP contribution >= 0.6 is 0 Å². The molecule has 0 unspecified atom stereocenters. The highest BCUT2D eigenvalue weighted by molar-refractivity contribution is 6.04. The molecule has 0 bridgehead atoms. The van der Waals surface area contributed by atoms with Gasteiger partial charge >= 0.3 is 6.03 Å². The van der Waals surface area contributed by atoms with Crippen LogP contribution in [0.4, 0.5) is 10.5 Å². The van der Waals surface area contributed by atoms with Gasteiger partial charge in [0.1, 0.15) is 5.54 Å². The predicted molar refractivity (Wildman–Crippen MR) is 91.5 cm³/mol. The van der Waals surface area contributed by atoms with Crippen molar-refractivity contribution in [2.75, 3.05) is 18.0 Å². The van der Waals surface area contributed by atoms with Crippen LogP contribution in [-0.4, -0.2) is 41.4 Å². The minimum absolute atomic E-state index is 0.137. The summed E-state index contributed by atoms with van der Waals surface area (Å²) in [6, 6.07) is 7.43. The van der Waals surface area contributed by atoms with Gasteiger partial charge in [-0.15, -0.1) is 0 Å². The number of hydrogen-bond acceptors (Lipinski definition) is 3. The number of nitrogens with two attached hydrogens (primary N) is 2. The molecule has 1 atom stereocenters. The highest BCUT2D eigenvalue weighted by Crippen LogP contribution is 2.51. The highest BCUT2D eigenvalue weighted by Gasteiger charge is 2.57. The van der Waals surface area contributed by atoms with E-state index < -0.39 is 11.4 Å². The molecule has 3 fully saturated rings. The molecule has 2 saturated heterocycles. The first-order valence-electron chi connectivity index (χ1n) is 8.50. The fraction of sp³-hybridized carbons (Fsp3) is 0.444. The molecule has 7 heteroatoms. The SMILES string of the molecule is NC(=O)CC1(c2ccc(N3C[C@@]4(C(N)=O)[CH]CCN4C3=O)cc2)CC1. The van der Waals surface area contributed by atoms with E-state index in [2.05, 4.69) is 0 Å². The maximum Gasteiger partial charge on any atom is 0.325 e. The zero-order chi connectivity index (χ0) is 17.8. The van der Waals surface area contributed by atoms with Crippen LogP contribution in [0.1, 0.15) is 31.2 Å². The van der Waals surface area contributed by atoms with E-state index >= 15 is 0 Å². The summed E-state index contributed by atoms with van der Waals surface area (Å²) in [6.45, 7) is 0.755. The van der Waals surface area contributed by atoms with E-state index in [1.54, 1.807) is 9.80 Å². The average molecular weight is 341 g/mol. The van der Waals surface area contributed by atoms with Gasteiger partial charge in [-0.3, -0.25) is 14.5 Å². The van der Waals surface area contributed by atoms with Gasteiger partial charge in [0, 0.05) is 30.5 Å². The number of carbonyl (C=O) groups is 3. The number of rotatable bonds is 5. The number of amides is 4. The summed E-state index contributed by atoms with van der Waals surface area (Å²) in [6.07, 6.45) is 4.77. The lowest BCUT2D eigenvalue weighted by Crippen LogP contribution is -2.53. The monoisotopic (exact) mass is 341 g/mol. The van der Waals surface area contributed by atoms with Gasteiger partial charge in [-0.1, -0.05) is 12.1 Å². The van der Waals surface area contributed by atoms with Crippen molar-refractivity contribution in [2.45, 2.75) is 36.6 Å². The molecule has 131 valence electrons. The molecule has 1 aromatic carbocycles. The summed E-state index contributed by atoms with van der Waals surface area (Å²) in [4.78, 5) is 39.1. The zero-order valence-corrected chi connectivity index (χ0v) is 13.9. The minimum atomic E-state index is -1.00. The van der Waals surface area contributed by atoms with Crippen molar-refractivity contribution in [3.63, 3.8) is 0 Å². The van der Waals surface area contributed by atoms with Gasteiger partial charge in [0.15, 0.2) is 0 Å². The Hall–Kier alpha value is -2.57. The maximum absolute atomic E-state index is 12.7. The third-order valence-electron chi connectivity index (χ3n) is 5.76. The van der Waals surface area contributed by atoms with E-state index in [0.717, 1.165) is 24.1 Å². The number of fused-ring (bicyclic) bond motifs is 1. The molecule has 2 heterocycles. The number of primary amides is 2. The Labute approximate surface area is 145 Å². The second kappa shape index (κ2) is 5.21. The molecule has 3 aliphatic rings.